The normalized spacial score (nSPS) is 12.3. The zero-order valence-electron chi connectivity index (χ0n) is 31.6. The van der Waals surface area contributed by atoms with Crippen molar-refractivity contribution in [2.75, 3.05) is 9.80 Å². The first-order chi connectivity index (χ1) is 26.4. The largest absolute Gasteiger partial charge is 0.314 e. The molecule has 7 aromatic carbocycles. The fraction of sp³-hybridized carbons (Fsp3) is 0.115. The van der Waals surface area contributed by atoms with Crippen molar-refractivity contribution < 1.29 is 0 Å². The summed E-state index contributed by atoms with van der Waals surface area (Å²) in [4.78, 5) is 4.73. The first kappa shape index (κ1) is 34.7. The second kappa shape index (κ2) is 15.3. The van der Waals surface area contributed by atoms with Crippen LogP contribution < -0.4 is 9.80 Å². The van der Waals surface area contributed by atoms with Gasteiger partial charge in [0.1, 0.15) is 0 Å². The number of nitrogens with zero attached hydrogens (tertiary/aromatic N) is 2. The molecule has 0 saturated heterocycles. The summed E-state index contributed by atoms with van der Waals surface area (Å²) in [6.07, 6.45) is 8.62. The fourth-order valence-corrected chi connectivity index (χ4v) is 7.25. The van der Waals surface area contributed by atoms with Gasteiger partial charge in [0.15, 0.2) is 0 Å². The van der Waals surface area contributed by atoms with Crippen LogP contribution in [0, 0.1) is 27.7 Å². The molecule has 1 aliphatic rings. The number of hydrogen-bond acceptors (Lipinski definition) is 2. The zero-order valence-corrected chi connectivity index (χ0v) is 31.6. The number of anilines is 5. The molecule has 54 heavy (non-hydrogen) atoms. The average Bonchev–Trinajstić information content (AvgIpc) is 3.20. The Labute approximate surface area is 321 Å². The first-order valence-corrected chi connectivity index (χ1v) is 18.9. The summed E-state index contributed by atoms with van der Waals surface area (Å²) >= 11 is 0. The van der Waals surface area contributed by atoms with Crippen LogP contribution in [0.15, 0.2) is 176 Å². The van der Waals surface area contributed by atoms with Crippen LogP contribution in [0.2, 0.25) is 0 Å². The molecule has 0 aromatic heterocycles. The van der Waals surface area contributed by atoms with E-state index in [1.807, 2.05) is 0 Å². The van der Waals surface area contributed by atoms with Crippen LogP contribution in [0.1, 0.15) is 44.5 Å². The number of allylic oxidation sites excluding steroid dienone is 2. The summed E-state index contributed by atoms with van der Waals surface area (Å²) < 4.78 is 0. The Hall–Kier alpha value is -6.38. The van der Waals surface area contributed by atoms with E-state index in [1.54, 1.807) is 0 Å². The van der Waals surface area contributed by atoms with Gasteiger partial charge in [0.2, 0.25) is 0 Å². The predicted octanol–water partition coefficient (Wildman–Crippen LogP) is 14.0. The zero-order chi connectivity index (χ0) is 37.0. The van der Waals surface area contributed by atoms with Gasteiger partial charge in [0.25, 0.3) is 0 Å². The topological polar surface area (TPSA) is 6.48 Å². The Morgan fingerprint density at radius 2 is 0.741 bits per heavy atom. The molecule has 0 radical (unpaired) electrons. The molecule has 0 N–H and O–H groups in total. The minimum absolute atomic E-state index is 0.901. The van der Waals surface area contributed by atoms with E-state index in [4.69, 9.17) is 0 Å². The molecule has 8 rings (SSSR count). The van der Waals surface area contributed by atoms with Crippen molar-refractivity contribution >= 4 is 40.6 Å². The molecule has 0 bridgehead atoms. The molecule has 0 amide bonds. The van der Waals surface area contributed by atoms with Gasteiger partial charge in [-0.05, 0) is 128 Å². The van der Waals surface area contributed by atoms with Crippen molar-refractivity contribution in [2.24, 2.45) is 0 Å². The van der Waals surface area contributed by atoms with E-state index in [2.05, 4.69) is 220 Å². The van der Waals surface area contributed by atoms with Crippen molar-refractivity contribution in [3.05, 3.63) is 220 Å². The third-order valence-electron chi connectivity index (χ3n) is 10.5. The number of aryl methyl sites for hydroxylation is 4. The van der Waals surface area contributed by atoms with Crippen molar-refractivity contribution in [1.82, 2.24) is 0 Å². The maximum atomic E-state index is 2.42. The van der Waals surface area contributed by atoms with E-state index >= 15 is 0 Å². The van der Waals surface area contributed by atoms with E-state index in [9.17, 15) is 0 Å². The Morgan fingerprint density at radius 1 is 0.370 bits per heavy atom. The van der Waals surface area contributed by atoms with Gasteiger partial charge in [0.05, 0.1) is 0 Å². The van der Waals surface area contributed by atoms with E-state index in [0.717, 1.165) is 29.9 Å². The van der Waals surface area contributed by atoms with E-state index in [-0.39, 0.29) is 0 Å². The Kier molecular flexibility index (Phi) is 9.83. The summed E-state index contributed by atoms with van der Waals surface area (Å²) in [7, 11) is 0. The molecular weight excluding hydrogens is 653 g/mol. The Bertz CT molecular complexity index is 2320. The van der Waals surface area contributed by atoms with Crippen LogP contribution in [0.5, 0.6) is 0 Å². The molecule has 0 heterocycles. The molecular formula is C52H46N2. The second-order valence-electron chi connectivity index (χ2n) is 14.6. The van der Waals surface area contributed by atoms with Crippen LogP contribution in [-0.2, 0) is 12.8 Å². The minimum atomic E-state index is 0.901. The predicted molar refractivity (Wildman–Crippen MR) is 231 cm³/mol. The van der Waals surface area contributed by atoms with Gasteiger partial charge in [-0.2, -0.15) is 0 Å². The van der Waals surface area contributed by atoms with Crippen LogP contribution in [0.4, 0.5) is 28.4 Å². The molecule has 0 fully saturated rings. The van der Waals surface area contributed by atoms with Gasteiger partial charge in [-0.15, -0.1) is 0 Å². The van der Waals surface area contributed by atoms with Crippen LogP contribution in [0.25, 0.3) is 23.3 Å². The Balaban J connectivity index is 0.967. The fourth-order valence-electron chi connectivity index (χ4n) is 7.25. The van der Waals surface area contributed by atoms with Crippen molar-refractivity contribution in [2.45, 2.75) is 40.5 Å². The van der Waals surface area contributed by atoms with Gasteiger partial charge < -0.3 is 9.80 Å². The SMILES string of the molecule is Cc1ccc(N(C2=CCc3cc(-c4ccc(/C=C/c5ccc(N(c6ccc(C)cc6)c6ccc(C)cc6)cc5)cc4)ccc3C2)c2ccc(C)cc2)cc1. The smallest absolute Gasteiger partial charge is 0.0462 e. The first-order valence-electron chi connectivity index (χ1n) is 18.9. The molecule has 0 spiro atoms. The Morgan fingerprint density at radius 3 is 1.19 bits per heavy atom. The number of hydrogen-bond donors (Lipinski definition) is 0. The molecule has 7 aromatic rings. The number of rotatable bonds is 9. The van der Waals surface area contributed by atoms with Crippen molar-refractivity contribution in [1.29, 1.82) is 0 Å². The maximum Gasteiger partial charge on any atom is 0.0462 e. The summed E-state index contributed by atoms with van der Waals surface area (Å²) in [6, 6.07) is 59.9. The summed E-state index contributed by atoms with van der Waals surface area (Å²) in [6.45, 7) is 8.55. The lowest BCUT2D eigenvalue weighted by atomic mass is 9.90. The quantitative estimate of drug-likeness (QED) is 0.139. The highest BCUT2D eigenvalue weighted by Gasteiger charge is 2.20. The van der Waals surface area contributed by atoms with Crippen molar-refractivity contribution in [3.63, 3.8) is 0 Å². The molecule has 0 saturated carbocycles. The lowest BCUT2D eigenvalue weighted by Crippen LogP contribution is -2.21. The highest BCUT2D eigenvalue weighted by atomic mass is 15.2. The van der Waals surface area contributed by atoms with Crippen LogP contribution >= 0.6 is 0 Å². The molecule has 1 aliphatic carbocycles. The third-order valence-corrected chi connectivity index (χ3v) is 10.5. The third kappa shape index (κ3) is 7.70. The van der Waals surface area contributed by atoms with Gasteiger partial charge >= 0.3 is 0 Å². The van der Waals surface area contributed by atoms with Crippen LogP contribution in [0.3, 0.4) is 0 Å². The van der Waals surface area contributed by atoms with E-state index in [1.165, 1.54) is 72.7 Å². The van der Waals surface area contributed by atoms with E-state index in [0.29, 0.717) is 0 Å². The standard InChI is InChI=1S/C52H46N2/c1-37-5-24-47(25-6-37)53(48-26-7-38(2)8-27-48)51-32-17-42(18-33-51)14-13-41-15-19-43(20-16-41)44-21-22-46-36-52(34-23-45(46)35-44)54(49-28-9-39(3)10-29-49)50-30-11-40(4)12-31-50/h5-22,24-35H,23,36H2,1-4H3/b14-13+. The van der Waals surface area contributed by atoms with E-state index < -0.39 is 0 Å². The summed E-state index contributed by atoms with van der Waals surface area (Å²) in [5, 5.41) is 0. The molecule has 2 nitrogen and oxygen atoms in total. The van der Waals surface area contributed by atoms with Crippen LogP contribution in [-0.4, -0.2) is 0 Å². The van der Waals surface area contributed by atoms with Crippen molar-refractivity contribution in [3.8, 4) is 11.1 Å². The highest BCUT2D eigenvalue weighted by molar-refractivity contribution is 5.79. The maximum absolute atomic E-state index is 2.42. The molecule has 2 heteroatoms. The number of fused-ring (bicyclic) bond motifs is 1. The van der Waals surface area contributed by atoms with Gasteiger partial charge in [-0.1, -0.05) is 144 Å². The monoisotopic (exact) mass is 698 g/mol. The summed E-state index contributed by atoms with van der Waals surface area (Å²) in [5.41, 5.74) is 19.9. The van der Waals surface area contributed by atoms with Gasteiger partial charge in [-0.25, -0.2) is 0 Å². The average molecular weight is 699 g/mol. The van der Waals surface area contributed by atoms with Gasteiger partial charge in [0, 0.05) is 40.6 Å². The second-order valence-corrected chi connectivity index (χ2v) is 14.6. The molecule has 0 atom stereocenters. The molecule has 0 aliphatic heterocycles. The van der Waals surface area contributed by atoms with Gasteiger partial charge in [-0.3, -0.25) is 0 Å². The number of benzene rings is 7. The molecule has 0 unspecified atom stereocenters. The minimum Gasteiger partial charge on any atom is -0.314 e. The molecule has 264 valence electrons. The lowest BCUT2D eigenvalue weighted by molar-refractivity contribution is 0.964. The lowest BCUT2D eigenvalue weighted by Gasteiger charge is -2.31. The highest BCUT2D eigenvalue weighted by Crippen LogP contribution is 2.37. The summed E-state index contributed by atoms with van der Waals surface area (Å²) in [5.74, 6) is 0.